The third kappa shape index (κ3) is 2.49. The molecule has 140 valence electrons. The van der Waals surface area contributed by atoms with Crippen LogP contribution in [0.1, 0.15) is 29.2 Å². The number of imidazole rings is 1. The molecule has 2 N–H and O–H groups in total. The molecule has 2 aromatic heterocycles. The number of carbonyl (C=O) groups is 1. The lowest BCUT2D eigenvalue weighted by Crippen LogP contribution is -2.25. The number of benzene rings is 2. The molecule has 1 aliphatic heterocycles. The number of amides is 1. The van der Waals surface area contributed by atoms with Crippen molar-refractivity contribution in [3.05, 3.63) is 70.9 Å². The second-order valence-electron chi connectivity index (χ2n) is 6.82. The minimum Gasteiger partial charge on any atom is -0.322 e. The van der Waals surface area contributed by atoms with Gasteiger partial charge in [-0.05, 0) is 36.8 Å². The van der Waals surface area contributed by atoms with Gasteiger partial charge in [-0.2, -0.15) is 9.78 Å². The van der Waals surface area contributed by atoms with E-state index in [1.165, 1.54) is 6.07 Å². The fraction of sp³-hybridized carbons (Fsp3) is 0.150. The minimum atomic E-state index is -0.938. The maximum absolute atomic E-state index is 13.8. The van der Waals surface area contributed by atoms with Crippen LogP contribution in [0, 0.1) is 18.6 Å². The van der Waals surface area contributed by atoms with Crippen molar-refractivity contribution in [3.8, 4) is 5.95 Å². The number of nitrogens with one attached hydrogen (secondary N) is 2. The topological polar surface area (TPSA) is 75.6 Å². The highest BCUT2D eigenvalue weighted by atomic mass is 19.2. The Morgan fingerprint density at radius 2 is 1.96 bits per heavy atom. The number of rotatable bonds is 2. The van der Waals surface area contributed by atoms with Crippen LogP contribution in [0.25, 0.3) is 17.0 Å². The zero-order valence-electron chi connectivity index (χ0n) is 14.8. The Hall–Kier alpha value is -3.55. The molecule has 3 heterocycles. The van der Waals surface area contributed by atoms with Gasteiger partial charge in [0, 0.05) is 17.9 Å². The summed E-state index contributed by atoms with van der Waals surface area (Å²) in [6, 6.07) is 11.3. The first-order valence-corrected chi connectivity index (χ1v) is 8.80. The number of halogens is 2. The Morgan fingerprint density at radius 3 is 2.75 bits per heavy atom. The van der Waals surface area contributed by atoms with Gasteiger partial charge < -0.3 is 10.3 Å². The van der Waals surface area contributed by atoms with Crippen LogP contribution < -0.4 is 5.32 Å². The van der Waals surface area contributed by atoms with Gasteiger partial charge in [0.25, 0.3) is 0 Å². The Labute approximate surface area is 158 Å². The molecule has 5 rings (SSSR count). The average Bonchev–Trinajstić information content (AvgIpc) is 3.24. The number of anilines is 1. The van der Waals surface area contributed by atoms with Gasteiger partial charge in [-0.25, -0.2) is 13.8 Å². The van der Waals surface area contributed by atoms with Crippen molar-refractivity contribution in [1.82, 2.24) is 19.7 Å². The largest absolute Gasteiger partial charge is 0.322 e. The van der Waals surface area contributed by atoms with Crippen molar-refractivity contribution >= 4 is 22.8 Å². The van der Waals surface area contributed by atoms with Crippen molar-refractivity contribution in [2.45, 2.75) is 19.3 Å². The highest BCUT2D eigenvalue weighted by Crippen LogP contribution is 2.40. The van der Waals surface area contributed by atoms with E-state index in [0.717, 1.165) is 28.7 Å². The van der Waals surface area contributed by atoms with Crippen LogP contribution in [-0.2, 0) is 4.79 Å². The zero-order valence-corrected chi connectivity index (χ0v) is 14.8. The molecule has 0 aliphatic carbocycles. The molecule has 0 radical (unpaired) electrons. The number of aromatic amines is 1. The first-order chi connectivity index (χ1) is 13.5. The predicted octanol–water partition coefficient (Wildman–Crippen LogP) is 3.81. The van der Waals surface area contributed by atoms with Crippen molar-refractivity contribution < 1.29 is 13.6 Å². The molecule has 0 saturated carbocycles. The van der Waals surface area contributed by atoms with Crippen LogP contribution in [0.2, 0.25) is 0 Å². The molecule has 0 unspecified atom stereocenters. The Balaban J connectivity index is 1.68. The molecule has 0 bridgehead atoms. The predicted molar refractivity (Wildman–Crippen MR) is 99.4 cm³/mol. The van der Waals surface area contributed by atoms with E-state index in [1.807, 2.05) is 31.2 Å². The van der Waals surface area contributed by atoms with Gasteiger partial charge in [0.05, 0.1) is 16.7 Å². The smallest absolute Gasteiger partial charge is 0.231 e. The summed E-state index contributed by atoms with van der Waals surface area (Å²) < 4.78 is 28.7. The highest BCUT2D eigenvalue weighted by Gasteiger charge is 2.33. The molecule has 2 aromatic carbocycles. The van der Waals surface area contributed by atoms with E-state index < -0.39 is 17.6 Å². The van der Waals surface area contributed by atoms with Gasteiger partial charge in [0.15, 0.2) is 11.6 Å². The molecule has 1 amide bonds. The lowest BCUT2D eigenvalue weighted by Gasteiger charge is -2.24. The van der Waals surface area contributed by atoms with Crippen LogP contribution in [0.4, 0.5) is 14.6 Å². The van der Waals surface area contributed by atoms with E-state index in [1.54, 1.807) is 4.68 Å². The van der Waals surface area contributed by atoms with E-state index in [0.29, 0.717) is 23.0 Å². The van der Waals surface area contributed by atoms with Gasteiger partial charge in [-0.3, -0.25) is 4.79 Å². The summed E-state index contributed by atoms with van der Waals surface area (Å²) in [7, 11) is 0. The minimum absolute atomic E-state index is 0.130. The maximum Gasteiger partial charge on any atom is 0.231 e. The van der Waals surface area contributed by atoms with E-state index in [2.05, 4.69) is 20.4 Å². The number of para-hydroxylation sites is 2. The SMILES string of the molecule is Cc1nn(-c2nc3ccccc3[nH]2)c2c1[C@H](c1ccc(F)c(F)c1)CC(=O)N2. The third-order valence-corrected chi connectivity index (χ3v) is 5.03. The van der Waals surface area contributed by atoms with Crippen molar-refractivity contribution in [3.63, 3.8) is 0 Å². The molecule has 4 aromatic rings. The average molecular weight is 379 g/mol. The first kappa shape index (κ1) is 16.6. The number of hydrogen-bond acceptors (Lipinski definition) is 3. The monoisotopic (exact) mass is 379 g/mol. The van der Waals surface area contributed by atoms with E-state index in [4.69, 9.17) is 0 Å². The molecular weight excluding hydrogens is 364 g/mol. The second-order valence-corrected chi connectivity index (χ2v) is 6.82. The number of hydrogen-bond donors (Lipinski definition) is 2. The molecule has 0 fully saturated rings. The molecule has 1 aliphatic rings. The Kier molecular flexibility index (Phi) is 3.55. The Bertz CT molecular complexity index is 1210. The third-order valence-electron chi connectivity index (χ3n) is 5.03. The number of carbonyl (C=O) groups excluding carboxylic acids is 1. The van der Waals surface area contributed by atoms with Crippen molar-refractivity contribution in [2.75, 3.05) is 5.32 Å². The van der Waals surface area contributed by atoms with Crippen LogP contribution in [0.15, 0.2) is 42.5 Å². The fourth-order valence-electron chi connectivity index (χ4n) is 3.75. The van der Waals surface area contributed by atoms with Gasteiger partial charge >= 0.3 is 0 Å². The molecule has 6 nitrogen and oxygen atoms in total. The first-order valence-electron chi connectivity index (χ1n) is 8.80. The zero-order chi connectivity index (χ0) is 19.4. The Morgan fingerprint density at radius 1 is 1.14 bits per heavy atom. The van der Waals surface area contributed by atoms with E-state index >= 15 is 0 Å². The summed E-state index contributed by atoms with van der Waals surface area (Å²) >= 11 is 0. The van der Waals surface area contributed by atoms with Gasteiger partial charge in [-0.15, -0.1) is 0 Å². The number of aromatic nitrogens is 4. The van der Waals surface area contributed by atoms with Gasteiger partial charge in [0.1, 0.15) is 5.82 Å². The molecule has 28 heavy (non-hydrogen) atoms. The molecule has 8 heteroatoms. The lowest BCUT2D eigenvalue weighted by molar-refractivity contribution is -0.116. The normalized spacial score (nSPS) is 16.2. The summed E-state index contributed by atoms with van der Waals surface area (Å²) in [6.07, 6.45) is 0.130. The maximum atomic E-state index is 13.8. The summed E-state index contributed by atoms with van der Waals surface area (Å²) in [6.45, 7) is 1.82. The van der Waals surface area contributed by atoms with Crippen LogP contribution in [-0.4, -0.2) is 25.7 Å². The summed E-state index contributed by atoms with van der Waals surface area (Å²) in [5, 5.41) is 7.40. The van der Waals surface area contributed by atoms with Gasteiger partial charge in [0.2, 0.25) is 11.9 Å². The molecule has 1 atom stereocenters. The van der Waals surface area contributed by atoms with Gasteiger partial charge in [-0.1, -0.05) is 18.2 Å². The van der Waals surface area contributed by atoms with E-state index in [9.17, 15) is 13.6 Å². The summed E-state index contributed by atoms with van der Waals surface area (Å²) in [4.78, 5) is 20.1. The van der Waals surface area contributed by atoms with Crippen LogP contribution in [0.5, 0.6) is 0 Å². The van der Waals surface area contributed by atoms with E-state index in [-0.39, 0.29) is 12.3 Å². The summed E-state index contributed by atoms with van der Waals surface area (Å²) in [5.41, 5.74) is 3.61. The van der Waals surface area contributed by atoms with Crippen LogP contribution in [0.3, 0.4) is 0 Å². The van der Waals surface area contributed by atoms with Crippen molar-refractivity contribution in [2.24, 2.45) is 0 Å². The number of aryl methyl sites for hydroxylation is 1. The van der Waals surface area contributed by atoms with Crippen LogP contribution >= 0.6 is 0 Å². The summed E-state index contributed by atoms with van der Waals surface area (Å²) in [5.74, 6) is -1.54. The quantitative estimate of drug-likeness (QED) is 0.556. The lowest BCUT2D eigenvalue weighted by atomic mass is 9.86. The number of nitrogens with zero attached hydrogens (tertiary/aromatic N) is 3. The molecular formula is C20H15F2N5O. The number of H-pyrrole nitrogens is 1. The standard InChI is InChI=1S/C20H15F2N5O/c1-10-18-12(11-6-7-13(21)14(22)8-11)9-17(28)25-19(18)27(26-10)20-23-15-4-2-3-5-16(15)24-20/h2-8,12H,9H2,1H3,(H,23,24)(H,25,28)/t12-/m0/s1. The molecule has 0 saturated heterocycles. The highest BCUT2D eigenvalue weighted by molar-refractivity contribution is 5.95. The molecule has 0 spiro atoms. The second kappa shape index (κ2) is 5.98. The van der Waals surface area contributed by atoms with Crippen molar-refractivity contribution in [1.29, 1.82) is 0 Å². The fourth-order valence-corrected chi connectivity index (χ4v) is 3.75. The number of fused-ring (bicyclic) bond motifs is 2.